The van der Waals surface area contributed by atoms with Crippen molar-refractivity contribution in [1.29, 1.82) is 0 Å². The molecule has 0 amide bonds. The predicted octanol–water partition coefficient (Wildman–Crippen LogP) is 3.17. The largest absolute Gasteiger partial charge is 0.366 e. The third-order valence-electron chi connectivity index (χ3n) is 3.05. The number of nitrogens with zero attached hydrogens (tertiary/aromatic N) is 2. The summed E-state index contributed by atoms with van der Waals surface area (Å²) in [6.07, 6.45) is 2.42. The van der Waals surface area contributed by atoms with Gasteiger partial charge < -0.3 is 5.32 Å². The van der Waals surface area contributed by atoms with E-state index in [1.165, 1.54) is 18.9 Å². The molecule has 3 rings (SSSR count). The molecule has 1 fully saturated rings. The highest BCUT2D eigenvalue weighted by Crippen LogP contribution is 2.24. The molecule has 2 aromatic rings. The Morgan fingerprint density at radius 2 is 2.00 bits per heavy atom. The Balaban J connectivity index is 1.84. The number of aryl methyl sites for hydroxylation is 1. The summed E-state index contributed by atoms with van der Waals surface area (Å²) in [4.78, 5) is 0. The molecule has 92 valence electrons. The van der Waals surface area contributed by atoms with E-state index < -0.39 is 0 Å². The van der Waals surface area contributed by atoms with Crippen LogP contribution < -0.4 is 5.32 Å². The molecule has 1 aromatic heterocycles. The lowest BCUT2D eigenvalue weighted by molar-refractivity contribution is 0.618. The first-order chi connectivity index (χ1) is 8.72. The minimum absolute atomic E-state index is 0.196. The molecule has 0 spiro atoms. The van der Waals surface area contributed by atoms with Gasteiger partial charge in [0.2, 0.25) is 0 Å². The van der Waals surface area contributed by atoms with Gasteiger partial charge in [-0.05, 0) is 55.7 Å². The van der Waals surface area contributed by atoms with Crippen LogP contribution in [0, 0.1) is 12.7 Å². The highest BCUT2D eigenvalue weighted by molar-refractivity contribution is 5.60. The third kappa shape index (κ3) is 2.32. The second-order valence-electron chi connectivity index (χ2n) is 4.69. The molecule has 3 nitrogen and oxygen atoms in total. The van der Waals surface area contributed by atoms with Crippen molar-refractivity contribution in [3.63, 3.8) is 0 Å². The Bertz CT molecular complexity index is 562. The van der Waals surface area contributed by atoms with E-state index >= 15 is 0 Å². The number of rotatable bonds is 3. The normalized spacial score (nSPS) is 14.6. The lowest BCUT2D eigenvalue weighted by atomic mass is 10.1. The number of benzene rings is 1. The summed E-state index contributed by atoms with van der Waals surface area (Å²) in [6, 6.07) is 9.36. The lowest BCUT2D eigenvalue weighted by Crippen LogP contribution is -2.03. The SMILES string of the molecule is Cc1cc(-c2ccc(NC3CC3)nn2)ccc1F. The molecule has 0 saturated heterocycles. The van der Waals surface area contributed by atoms with Crippen LogP contribution in [-0.4, -0.2) is 16.2 Å². The molecule has 1 saturated carbocycles. The fourth-order valence-corrected chi connectivity index (χ4v) is 1.80. The van der Waals surface area contributed by atoms with Gasteiger partial charge in [0.25, 0.3) is 0 Å². The summed E-state index contributed by atoms with van der Waals surface area (Å²) in [5, 5.41) is 11.6. The molecule has 0 bridgehead atoms. The van der Waals surface area contributed by atoms with Crippen LogP contribution in [0.1, 0.15) is 18.4 Å². The highest BCUT2D eigenvalue weighted by atomic mass is 19.1. The maximum absolute atomic E-state index is 13.2. The summed E-state index contributed by atoms with van der Waals surface area (Å²) in [5.41, 5.74) is 2.27. The number of nitrogens with one attached hydrogen (secondary N) is 1. The van der Waals surface area contributed by atoms with Crippen LogP contribution >= 0.6 is 0 Å². The van der Waals surface area contributed by atoms with Gasteiger partial charge in [-0.2, -0.15) is 0 Å². The van der Waals surface area contributed by atoms with E-state index in [0.29, 0.717) is 11.6 Å². The Morgan fingerprint density at radius 1 is 1.17 bits per heavy atom. The van der Waals surface area contributed by atoms with Gasteiger partial charge in [0.05, 0.1) is 5.69 Å². The van der Waals surface area contributed by atoms with Crippen LogP contribution in [0.2, 0.25) is 0 Å². The van der Waals surface area contributed by atoms with Crippen molar-refractivity contribution in [2.45, 2.75) is 25.8 Å². The molecular formula is C14H14FN3. The molecule has 0 unspecified atom stereocenters. The van der Waals surface area contributed by atoms with E-state index in [9.17, 15) is 4.39 Å². The molecule has 0 atom stereocenters. The van der Waals surface area contributed by atoms with Crippen molar-refractivity contribution >= 4 is 5.82 Å². The molecule has 0 radical (unpaired) electrons. The molecular weight excluding hydrogens is 229 g/mol. The minimum Gasteiger partial charge on any atom is -0.366 e. The fourth-order valence-electron chi connectivity index (χ4n) is 1.80. The van der Waals surface area contributed by atoms with Crippen LogP contribution in [0.25, 0.3) is 11.3 Å². The monoisotopic (exact) mass is 243 g/mol. The minimum atomic E-state index is -0.196. The van der Waals surface area contributed by atoms with Gasteiger partial charge in [-0.25, -0.2) is 4.39 Å². The Hall–Kier alpha value is -1.97. The van der Waals surface area contributed by atoms with E-state index in [1.54, 1.807) is 19.1 Å². The first kappa shape index (κ1) is 11.1. The zero-order chi connectivity index (χ0) is 12.5. The molecule has 1 aliphatic rings. The number of hydrogen-bond acceptors (Lipinski definition) is 3. The van der Waals surface area contributed by atoms with Crippen molar-refractivity contribution < 1.29 is 4.39 Å². The number of halogens is 1. The van der Waals surface area contributed by atoms with Crippen molar-refractivity contribution in [3.8, 4) is 11.3 Å². The molecule has 1 heterocycles. The number of anilines is 1. The quantitative estimate of drug-likeness (QED) is 0.899. The van der Waals surface area contributed by atoms with E-state index in [-0.39, 0.29) is 5.82 Å². The van der Waals surface area contributed by atoms with Crippen LogP contribution in [-0.2, 0) is 0 Å². The predicted molar refractivity (Wildman–Crippen MR) is 68.8 cm³/mol. The number of aromatic nitrogens is 2. The van der Waals surface area contributed by atoms with E-state index in [0.717, 1.165) is 17.1 Å². The maximum atomic E-state index is 13.2. The molecule has 1 aliphatic carbocycles. The van der Waals surface area contributed by atoms with Crippen molar-refractivity contribution in [1.82, 2.24) is 10.2 Å². The highest BCUT2D eigenvalue weighted by Gasteiger charge is 2.21. The fraction of sp³-hybridized carbons (Fsp3) is 0.286. The van der Waals surface area contributed by atoms with Gasteiger partial charge in [0.15, 0.2) is 0 Å². The van der Waals surface area contributed by atoms with E-state index in [2.05, 4.69) is 15.5 Å². The molecule has 4 heteroatoms. The summed E-state index contributed by atoms with van der Waals surface area (Å²) < 4.78 is 13.2. The summed E-state index contributed by atoms with van der Waals surface area (Å²) >= 11 is 0. The van der Waals surface area contributed by atoms with Gasteiger partial charge in [-0.3, -0.25) is 0 Å². The first-order valence-electron chi connectivity index (χ1n) is 6.09. The Labute approximate surface area is 105 Å². The van der Waals surface area contributed by atoms with Gasteiger partial charge in [-0.15, -0.1) is 10.2 Å². The summed E-state index contributed by atoms with van der Waals surface area (Å²) in [6.45, 7) is 1.75. The molecule has 1 N–H and O–H groups in total. The topological polar surface area (TPSA) is 37.8 Å². The first-order valence-corrected chi connectivity index (χ1v) is 6.09. The summed E-state index contributed by atoms with van der Waals surface area (Å²) in [5.74, 6) is 0.610. The van der Waals surface area contributed by atoms with Crippen LogP contribution in [0.3, 0.4) is 0 Å². The van der Waals surface area contributed by atoms with E-state index in [1.807, 2.05) is 12.1 Å². The Morgan fingerprint density at radius 3 is 2.61 bits per heavy atom. The van der Waals surface area contributed by atoms with Gasteiger partial charge in [-0.1, -0.05) is 0 Å². The molecule has 18 heavy (non-hydrogen) atoms. The second-order valence-corrected chi connectivity index (χ2v) is 4.69. The number of hydrogen-bond donors (Lipinski definition) is 1. The average molecular weight is 243 g/mol. The maximum Gasteiger partial charge on any atom is 0.148 e. The van der Waals surface area contributed by atoms with E-state index in [4.69, 9.17) is 0 Å². The summed E-state index contributed by atoms with van der Waals surface area (Å²) in [7, 11) is 0. The Kier molecular flexibility index (Phi) is 2.70. The van der Waals surface area contributed by atoms with Crippen LogP contribution in [0.5, 0.6) is 0 Å². The van der Waals surface area contributed by atoms with Crippen molar-refractivity contribution in [3.05, 3.63) is 41.7 Å². The zero-order valence-electron chi connectivity index (χ0n) is 10.2. The zero-order valence-corrected chi connectivity index (χ0v) is 10.2. The van der Waals surface area contributed by atoms with Gasteiger partial charge in [0, 0.05) is 11.6 Å². The van der Waals surface area contributed by atoms with Gasteiger partial charge in [0.1, 0.15) is 11.6 Å². The third-order valence-corrected chi connectivity index (χ3v) is 3.05. The second kappa shape index (κ2) is 4.37. The molecule has 1 aromatic carbocycles. The van der Waals surface area contributed by atoms with Crippen molar-refractivity contribution in [2.75, 3.05) is 5.32 Å². The van der Waals surface area contributed by atoms with Crippen LogP contribution in [0.15, 0.2) is 30.3 Å². The standard InChI is InChI=1S/C14H14FN3/c1-9-8-10(2-5-12(9)15)13-6-7-14(18-17-13)16-11-3-4-11/h2,5-8,11H,3-4H2,1H3,(H,16,18). The average Bonchev–Trinajstić information content (AvgIpc) is 3.18. The van der Waals surface area contributed by atoms with Gasteiger partial charge >= 0.3 is 0 Å². The van der Waals surface area contributed by atoms with Crippen LogP contribution in [0.4, 0.5) is 10.2 Å². The smallest absolute Gasteiger partial charge is 0.148 e. The van der Waals surface area contributed by atoms with Crippen molar-refractivity contribution in [2.24, 2.45) is 0 Å². The molecule has 0 aliphatic heterocycles. The lowest BCUT2D eigenvalue weighted by Gasteiger charge is -2.05.